The zero-order chi connectivity index (χ0) is 25.5. The van der Waals surface area contributed by atoms with Crippen LogP contribution in [0.5, 0.6) is 5.88 Å². The molecule has 2 unspecified atom stereocenters. The van der Waals surface area contributed by atoms with E-state index in [4.69, 9.17) is 9.47 Å². The molecular formula is C23H33N5O7S. The van der Waals surface area contributed by atoms with E-state index in [1.54, 1.807) is 4.90 Å². The molecule has 1 aromatic rings. The molecular weight excluding hydrogens is 490 g/mol. The van der Waals surface area contributed by atoms with Gasteiger partial charge in [0.15, 0.2) is 5.82 Å². The fraction of sp³-hybridized carbons (Fsp3) is 0.739. The Hall–Kier alpha value is -2.51. The van der Waals surface area contributed by atoms with E-state index in [9.17, 15) is 23.1 Å². The molecule has 12 nitrogen and oxygen atoms in total. The first-order valence-corrected chi connectivity index (χ1v) is 14.0. The molecule has 1 N–H and O–H groups in total. The van der Waals surface area contributed by atoms with Crippen LogP contribution < -0.4 is 9.64 Å². The monoisotopic (exact) mass is 523 g/mol. The van der Waals surface area contributed by atoms with Crippen LogP contribution in [0, 0.1) is 11.3 Å². The summed E-state index contributed by atoms with van der Waals surface area (Å²) in [5.41, 5.74) is 0.0687. The number of nitrogens with zero attached hydrogens (tertiary/aromatic N) is 5. The average molecular weight is 524 g/mol. The maximum absolute atomic E-state index is 12.8. The number of piperidine rings is 1. The lowest BCUT2D eigenvalue weighted by Gasteiger charge is -2.41. The average Bonchev–Trinajstić information content (AvgIpc) is 3.37. The number of piperazine rings is 1. The van der Waals surface area contributed by atoms with E-state index in [1.165, 1.54) is 21.6 Å². The molecule has 1 aromatic heterocycles. The van der Waals surface area contributed by atoms with E-state index in [2.05, 4.69) is 16.9 Å². The van der Waals surface area contributed by atoms with Crippen molar-refractivity contribution in [3.8, 4) is 5.88 Å². The van der Waals surface area contributed by atoms with Crippen LogP contribution in [0.15, 0.2) is 12.4 Å². The number of carbonyl (C=O) groups is 2. The molecule has 4 aliphatic rings. The quantitative estimate of drug-likeness (QED) is 0.557. The Balaban J connectivity index is 1.14. The number of amides is 2. The number of hydrogen-bond acceptors (Lipinski definition) is 8. The van der Waals surface area contributed by atoms with E-state index in [0.717, 1.165) is 25.7 Å². The van der Waals surface area contributed by atoms with Gasteiger partial charge < -0.3 is 19.5 Å². The molecule has 0 spiro atoms. The van der Waals surface area contributed by atoms with E-state index in [-0.39, 0.29) is 49.5 Å². The second-order valence-corrected chi connectivity index (χ2v) is 12.7. The van der Waals surface area contributed by atoms with E-state index < -0.39 is 21.4 Å². The molecule has 36 heavy (non-hydrogen) atoms. The molecule has 0 bridgehead atoms. The maximum Gasteiger partial charge on any atom is 0.407 e. The number of ether oxygens (including phenoxy) is 2. The summed E-state index contributed by atoms with van der Waals surface area (Å²) < 4.78 is 37.8. The van der Waals surface area contributed by atoms with Crippen LogP contribution in [-0.4, -0.2) is 102 Å². The third kappa shape index (κ3) is 5.00. The minimum Gasteiger partial charge on any atom is -0.476 e. The fourth-order valence-electron chi connectivity index (χ4n) is 5.41. The summed E-state index contributed by atoms with van der Waals surface area (Å²) in [6, 6.07) is 0.0144. The highest BCUT2D eigenvalue weighted by Gasteiger charge is 2.50. The van der Waals surface area contributed by atoms with Gasteiger partial charge in [-0.3, -0.25) is 9.69 Å². The van der Waals surface area contributed by atoms with E-state index in [1.807, 2.05) is 0 Å². The Kier molecular flexibility index (Phi) is 6.81. The normalized spacial score (nSPS) is 28.8. The van der Waals surface area contributed by atoms with Gasteiger partial charge in [0.2, 0.25) is 21.8 Å². The summed E-state index contributed by atoms with van der Waals surface area (Å²) >= 11 is 0. The van der Waals surface area contributed by atoms with Crippen LogP contribution in [0.2, 0.25) is 0 Å². The number of sulfonamides is 1. The Morgan fingerprint density at radius 1 is 1.22 bits per heavy atom. The number of rotatable bonds is 7. The van der Waals surface area contributed by atoms with Gasteiger partial charge in [0.05, 0.1) is 32.2 Å². The summed E-state index contributed by atoms with van der Waals surface area (Å²) in [6.07, 6.45) is 6.13. The van der Waals surface area contributed by atoms with Crippen molar-refractivity contribution in [2.75, 3.05) is 50.9 Å². The van der Waals surface area contributed by atoms with Crippen molar-refractivity contribution in [2.45, 2.75) is 50.3 Å². The van der Waals surface area contributed by atoms with Gasteiger partial charge in [0, 0.05) is 32.3 Å². The predicted molar refractivity (Wildman–Crippen MR) is 128 cm³/mol. The molecule has 3 saturated heterocycles. The zero-order valence-corrected chi connectivity index (χ0v) is 21.2. The van der Waals surface area contributed by atoms with Gasteiger partial charge in [0.1, 0.15) is 5.25 Å². The topological polar surface area (TPSA) is 142 Å². The number of anilines is 1. The van der Waals surface area contributed by atoms with Crippen molar-refractivity contribution in [2.24, 2.45) is 11.3 Å². The van der Waals surface area contributed by atoms with Gasteiger partial charge in [0.25, 0.3) is 0 Å². The molecule has 3 aliphatic heterocycles. The first-order chi connectivity index (χ1) is 17.2. The second-order valence-electron chi connectivity index (χ2n) is 10.5. The SMILES string of the molecule is CC1(C2CC(COc3cnc(N4CCN(S(=O)(=O)[C@@H]5CCOC5)CC4=O)cn3)CCN2C(=O)O)CC1. The minimum absolute atomic E-state index is 0.0144. The first kappa shape index (κ1) is 25.2. The predicted octanol–water partition coefficient (Wildman–Crippen LogP) is 1.18. The van der Waals surface area contributed by atoms with Gasteiger partial charge in [-0.1, -0.05) is 6.92 Å². The summed E-state index contributed by atoms with van der Waals surface area (Å²) in [5.74, 6) is 0.566. The lowest BCUT2D eigenvalue weighted by molar-refractivity contribution is -0.120. The summed E-state index contributed by atoms with van der Waals surface area (Å²) in [7, 11) is -3.57. The first-order valence-electron chi connectivity index (χ1n) is 12.5. The lowest BCUT2D eigenvalue weighted by atomic mass is 9.83. The maximum atomic E-state index is 12.8. The standard InChI is InChI=1S/C23H33N5O7S/c1-23(4-5-23)18-10-16(2-6-27(18)22(30)31)14-35-20-12-24-19(11-25-20)28-8-7-26(13-21(28)29)36(32,33)17-3-9-34-15-17/h11-12,16-18H,2-10,13-15H2,1H3,(H,30,31)/t16?,17-,18?/m1/s1. The van der Waals surface area contributed by atoms with Crippen molar-refractivity contribution in [3.63, 3.8) is 0 Å². The van der Waals surface area contributed by atoms with Crippen LogP contribution in [-0.2, 0) is 19.6 Å². The summed E-state index contributed by atoms with van der Waals surface area (Å²) in [6.45, 7) is 3.84. The highest BCUT2D eigenvalue weighted by atomic mass is 32.2. The summed E-state index contributed by atoms with van der Waals surface area (Å²) in [4.78, 5) is 36.0. The summed E-state index contributed by atoms with van der Waals surface area (Å²) in [5, 5.41) is 8.97. The number of carboxylic acid groups (broad SMARTS) is 1. The number of carbonyl (C=O) groups excluding carboxylic acids is 1. The van der Waals surface area contributed by atoms with Crippen molar-refractivity contribution >= 4 is 27.8 Å². The number of hydrogen-bond donors (Lipinski definition) is 1. The van der Waals surface area contributed by atoms with Gasteiger partial charge in [-0.05, 0) is 43.4 Å². The molecule has 3 atom stereocenters. The molecule has 13 heteroatoms. The van der Waals surface area contributed by atoms with Crippen LogP contribution >= 0.6 is 0 Å². The minimum atomic E-state index is -3.57. The lowest BCUT2D eigenvalue weighted by Crippen LogP contribution is -2.54. The zero-order valence-electron chi connectivity index (χ0n) is 20.4. The third-order valence-corrected chi connectivity index (χ3v) is 10.3. The molecule has 1 saturated carbocycles. The molecule has 198 valence electrons. The fourth-order valence-corrected chi connectivity index (χ4v) is 7.12. The molecule has 0 aromatic carbocycles. The molecule has 1 aliphatic carbocycles. The second kappa shape index (κ2) is 9.75. The van der Waals surface area contributed by atoms with Crippen molar-refractivity contribution in [3.05, 3.63) is 12.4 Å². The van der Waals surface area contributed by atoms with E-state index >= 15 is 0 Å². The molecule has 4 fully saturated rings. The smallest absolute Gasteiger partial charge is 0.407 e. The van der Waals surface area contributed by atoms with Crippen molar-refractivity contribution in [1.82, 2.24) is 19.2 Å². The Bertz CT molecular complexity index is 1090. The highest BCUT2D eigenvalue weighted by Crippen LogP contribution is 2.53. The van der Waals surface area contributed by atoms with E-state index in [0.29, 0.717) is 37.9 Å². The third-order valence-electron chi connectivity index (χ3n) is 8.01. The van der Waals surface area contributed by atoms with Crippen molar-refractivity contribution < 1.29 is 32.6 Å². The number of aromatic nitrogens is 2. The van der Waals surface area contributed by atoms with Gasteiger partial charge >= 0.3 is 6.09 Å². The Morgan fingerprint density at radius 2 is 2.03 bits per heavy atom. The van der Waals surface area contributed by atoms with Gasteiger partial charge in [-0.15, -0.1) is 0 Å². The highest BCUT2D eigenvalue weighted by molar-refractivity contribution is 7.89. The largest absolute Gasteiger partial charge is 0.476 e. The van der Waals surface area contributed by atoms with Gasteiger partial charge in [-0.2, -0.15) is 4.31 Å². The van der Waals surface area contributed by atoms with Crippen LogP contribution in [0.3, 0.4) is 0 Å². The molecule has 4 heterocycles. The van der Waals surface area contributed by atoms with Gasteiger partial charge in [-0.25, -0.2) is 23.2 Å². The molecule has 0 radical (unpaired) electrons. The van der Waals surface area contributed by atoms with Crippen molar-refractivity contribution in [1.29, 1.82) is 0 Å². The van der Waals surface area contributed by atoms with Crippen LogP contribution in [0.1, 0.15) is 39.0 Å². The van der Waals surface area contributed by atoms with Crippen LogP contribution in [0.25, 0.3) is 0 Å². The Labute approximate surface area is 210 Å². The molecule has 2 amide bonds. The molecule has 5 rings (SSSR count). The Morgan fingerprint density at radius 3 is 2.64 bits per heavy atom. The van der Waals surface area contributed by atoms with Crippen LogP contribution in [0.4, 0.5) is 10.6 Å². The number of likely N-dealkylation sites (tertiary alicyclic amines) is 1.